The predicted octanol–water partition coefficient (Wildman–Crippen LogP) is 3.01. The Kier molecular flexibility index (Phi) is 5.74. The Morgan fingerprint density at radius 2 is 1.68 bits per heavy atom. The van der Waals surface area contributed by atoms with Gasteiger partial charge < -0.3 is 9.80 Å². The first-order valence-corrected chi connectivity index (χ1v) is 11.0. The number of hydrogen-bond donors (Lipinski definition) is 0. The zero-order chi connectivity index (χ0) is 20.4. The number of pyridine rings is 1. The van der Waals surface area contributed by atoms with Gasteiger partial charge in [0, 0.05) is 31.7 Å². The smallest absolute Gasteiger partial charge is 0.253 e. The fourth-order valence-corrected chi connectivity index (χ4v) is 4.24. The first-order valence-electron chi connectivity index (χ1n) is 9.50. The largest absolute Gasteiger partial charge is 0.368 e. The molecule has 2 heterocycles. The molecule has 1 aromatic carbocycles. The summed E-state index contributed by atoms with van der Waals surface area (Å²) < 4.78 is 24.2. The van der Waals surface area contributed by atoms with Crippen LogP contribution in [0.25, 0.3) is 0 Å². The van der Waals surface area contributed by atoms with Gasteiger partial charge in [0.1, 0.15) is 0 Å². The maximum atomic E-state index is 12.7. The number of rotatable bonds is 3. The molecule has 0 bridgehead atoms. The predicted molar refractivity (Wildman–Crippen MR) is 110 cm³/mol. The van der Waals surface area contributed by atoms with E-state index in [0.717, 1.165) is 18.7 Å². The summed E-state index contributed by atoms with van der Waals surface area (Å²) >= 11 is 0. The van der Waals surface area contributed by atoms with Gasteiger partial charge in [0.2, 0.25) is 0 Å². The summed E-state index contributed by atoms with van der Waals surface area (Å²) in [7, 11) is -3.46. The van der Waals surface area contributed by atoms with Crippen molar-refractivity contribution in [3.05, 3.63) is 54.2 Å². The number of sulfone groups is 1. The van der Waals surface area contributed by atoms with Gasteiger partial charge in [-0.05, 0) is 51.5 Å². The Hall–Kier alpha value is -2.41. The average Bonchev–Trinajstić information content (AvgIpc) is 2.93. The van der Waals surface area contributed by atoms with E-state index < -0.39 is 14.6 Å². The lowest BCUT2D eigenvalue weighted by Crippen LogP contribution is -2.35. The molecule has 28 heavy (non-hydrogen) atoms. The highest BCUT2D eigenvalue weighted by Crippen LogP contribution is 2.25. The molecule has 0 aliphatic carbocycles. The first kappa shape index (κ1) is 20.3. The Bertz CT molecular complexity index is 920. The lowest BCUT2D eigenvalue weighted by Gasteiger charge is -2.24. The highest BCUT2D eigenvalue weighted by Gasteiger charge is 2.32. The Morgan fingerprint density at radius 3 is 2.29 bits per heavy atom. The van der Waals surface area contributed by atoms with E-state index in [9.17, 15) is 13.2 Å². The summed E-state index contributed by atoms with van der Waals surface area (Å²) in [6.45, 7) is 7.82. The molecule has 0 saturated carbocycles. The third-order valence-corrected chi connectivity index (χ3v) is 7.38. The number of benzene rings is 1. The van der Waals surface area contributed by atoms with Gasteiger partial charge in [-0.25, -0.2) is 13.4 Å². The van der Waals surface area contributed by atoms with E-state index in [2.05, 4.69) is 9.88 Å². The van der Waals surface area contributed by atoms with Gasteiger partial charge in [-0.1, -0.05) is 18.2 Å². The maximum Gasteiger partial charge on any atom is 0.253 e. The van der Waals surface area contributed by atoms with Crippen molar-refractivity contribution >= 4 is 21.4 Å². The quantitative estimate of drug-likeness (QED) is 0.791. The summed E-state index contributed by atoms with van der Waals surface area (Å²) in [5.74, 6) is 0.0483. The van der Waals surface area contributed by atoms with Crippen molar-refractivity contribution < 1.29 is 13.2 Å². The molecule has 150 valence electrons. The van der Waals surface area contributed by atoms with E-state index in [1.165, 1.54) is 0 Å². The normalized spacial score (nSPS) is 16.0. The minimum atomic E-state index is -3.46. The number of hydrogen-bond acceptors (Lipinski definition) is 5. The topological polar surface area (TPSA) is 70.6 Å². The van der Waals surface area contributed by atoms with Crippen LogP contribution in [0, 0.1) is 0 Å². The Morgan fingerprint density at radius 1 is 0.964 bits per heavy atom. The van der Waals surface area contributed by atoms with Gasteiger partial charge in [-0.3, -0.25) is 4.79 Å². The summed E-state index contributed by atoms with van der Waals surface area (Å²) in [4.78, 5) is 20.9. The SMILES string of the molecule is CC(C)(C)S(=O)(=O)c1ccc(N2CCCN(C(=O)c3ccccc3)CC2)cn1. The second-order valence-electron chi connectivity index (χ2n) is 7.97. The Balaban J connectivity index is 1.70. The summed E-state index contributed by atoms with van der Waals surface area (Å²) in [5, 5.41) is 0.0967. The molecule has 6 nitrogen and oxygen atoms in total. The number of carbonyl (C=O) groups is 1. The van der Waals surface area contributed by atoms with Crippen LogP contribution in [-0.4, -0.2) is 55.1 Å². The lowest BCUT2D eigenvalue weighted by atomic mass is 10.2. The number of anilines is 1. The van der Waals surface area contributed by atoms with Crippen molar-refractivity contribution in [1.82, 2.24) is 9.88 Å². The fraction of sp³-hybridized carbons (Fsp3) is 0.429. The third-order valence-electron chi connectivity index (χ3n) is 4.97. The van der Waals surface area contributed by atoms with Crippen LogP contribution in [0.2, 0.25) is 0 Å². The molecule has 3 rings (SSSR count). The molecule has 1 aromatic heterocycles. The van der Waals surface area contributed by atoms with Crippen molar-refractivity contribution in [1.29, 1.82) is 0 Å². The second-order valence-corrected chi connectivity index (χ2v) is 10.6. The van der Waals surface area contributed by atoms with E-state index in [0.29, 0.717) is 25.2 Å². The van der Waals surface area contributed by atoms with Gasteiger partial charge in [0.25, 0.3) is 5.91 Å². The number of amides is 1. The van der Waals surface area contributed by atoms with Crippen LogP contribution in [0.3, 0.4) is 0 Å². The number of nitrogens with zero attached hydrogens (tertiary/aromatic N) is 3. The highest BCUT2D eigenvalue weighted by molar-refractivity contribution is 7.92. The molecule has 0 atom stereocenters. The maximum absolute atomic E-state index is 12.7. The highest BCUT2D eigenvalue weighted by atomic mass is 32.2. The molecular formula is C21H27N3O3S. The first-order chi connectivity index (χ1) is 13.2. The molecule has 0 unspecified atom stereocenters. The van der Waals surface area contributed by atoms with Crippen LogP contribution in [0.4, 0.5) is 5.69 Å². The lowest BCUT2D eigenvalue weighted by molar-refractivity contribution is 0.0767. The van der Waals surface area contributed by atoms with Gasteiger partial charge in [-0.2, -0.15) is 0 Å². The van der Waals surface area contributed by atoms with Crippen LogP contribution in [0.15, 0.2) is 53.7 Å². The monoisotopic (exact) mass is 401 g/mol. The van der Waals surface area contributed by atoms with Gasteiger partial charge in [0.05, 0.1) is 16.6 Å². The summed E-state index contributed by atoms with van der Waals surface area (Å²) in [5.41, 5.74) is 1.58. The minimum Gasteiger partial charge on any atom is -0.368 e. The third kappa shape index (κ3) is 4.19. The summed E-state index contributed by atoms with van der Waals surface area (Å²) in [6.07, 6.45) is 2.47. The molecule has 0 spiro atoms. The molecule has 0 radical (unpaired) electrons. The number of aromatic nitrogens is 1. The zero-order valence-corrected chi connectivity index (χ0v) is 17.4. The molecule has 0 N–H and O–H groups in total. The minimum absolute atomic E-state index is 0.0483. The standard InChI is InChI=1S/C21H27N3O3S/c1-21(2,3)28(26,27)19-11-10-18(16-22-19)23-12-7-13-24(15-14-23)20(25)17-8-5-4-6-9-17/h4-6,8-11,16H,7,12-15H2,1-3H3. The molecule has 1 aliphatic rings. The van der Waals surface area contributed by atoms with Crippen LogP contribution >= 0.6 is 0 Å². The second kappa shape index (κ2) is 7.91. The van der Waals surface area contributed by atoms with E-state index >= 15 is 0 Å². The van der Waals surface area contributed by atoms with E-state index in [1.807, 2.05) is 35.2 Å². The van der Waals surface area contributed by atoms with E-state index in [-0.39, 0.29) is 10.9 Å². The van der Waals surface area contributed by atoms with Crippen molar-refractivity contribution in [2.75, 3.05) is 31.1 Å². The van der Waals surface area contributed by atoms with Gasteiger partial charge in [0.15, 0.2) is 14.9 Å². The fourth-order valence-electron chi connectivity index (χ4n) is 3.17. The van der Waals surface area contributed by atoms with Crippen LogP contribution in [0.1, 0.15) is 37.6 Å². The zero-order valence-electron chi connectivity index (χ0n) is 16.6. The van der Waals surface area contributed by atoms with Gasteiger partial charge in [-0.15, -0.1) is 0 Å². The molecule has 7 heteroatoms. The molecule has 1 amide bonds. The van der Waals surface area contributed by atoms with Crippen molar-refractivity contribution in [3.8, 4) is 0 Å². The molecule has 1 aliphatic heterocycles. The Labute approximate surface area is 167 Å². The summed E-state index contributed by atoms with van der Waals surface area (Å²) in [6, 6.07) is 12.7. The average molecular weight is 402 g/mol. The van der Waals surface area contributed by atoms with Crippen LogP contribution in [0.5, 0.6) is 0 Å². The van der Waals surface area contributed by atoms with Crippen LogP contribution < -0.4 is 4.90 Å². The van der Waals surface area contributed by atoms with Crippen molar-refractivity contribution in [2.24, 2.45) is 0 Å². The molecule has 1 saturated heterocycles. The van der Waals surface area contributed by atoms with E-state index in [1.54, 1.807) is 39.1 Å². The molecule has 1 fully saturated rings. The van der Waals surface area contributed by atoms with Crippen molar-refractivity contribution in [2.45, 2.75) is 37.0 Å². The van der Waals surface area contributed by atoms with Crippen LogP contribution in [-0.2, 0) is 9.84 Å². The van der Waals surface area contributed by atoms with E-state index in [4.69, 9.17) is 0 Å². The van der Waals surface area contributed by atoms with Gasteiger partial charge >= 0.3 is 0 Å². The number of carbonyl (C=O) groups excluding carboxylic acids is 1. The molecular weight excluding hydrogens is 374 g/mol. The molecule has 2 aromatic rings. The van der Waals surface area contributed by atoms with Crippen molar-refractivity contribution in [3.63, 3.8) is 0 Å².